The van der Waals surface area contributed by atoms with E-state index in [0.29, 0.717) is 44.3 Å². The number of carbonyl (C=O) groups is 9. The lowest BCUT2D eigenvalue weighted by atomic mass is 9.90. The molecule has 16 N–H and O–H groups in total. The summed E-state index contributed by atoms with van der Waals surface area (Å²) < 4.78 is 0. The van der Waals surface area contributed by atoms with Crippen LogP contribution in [-0.4, -0.2) is 126 Å². The van der Waals surface area contributed by atoms with Crippen LogP contribution in [0.5, 0.6) is 0 Å². The number of unbranched alkanes of at least 4 members (excludes halogenated alkanes) is 2. The lowest BCUT2D eigenvalue weighted by molar-refractivity contribution is -0.136. The Bertz CT molecular complexity index is 2350. The second kappa shape index (κ2) is 31.3. The summed E-state index contributed by atoms with van der Waals surface area (Å²) in [6.07, 6.45) is 1.48. The molecule has 2 aromatic carbocycles. The van der Waals surface area contributed by atoms with E-state index >= 15 is 0 Å². The number of carbonyl (C=O) groups excluding carboxylic acids is 9. The number of primary amides is 2. The third kappa shape index (κ3) is 21.6. The minimum absolute atomic E-state index is 0.0522. The van der Waals surface area contributed by atoms with Gasteiger partial charge in [0.05, 0.1) is 43.1 Å². The first-order valence-electron chi connectivity index (χ1n) is 24.8. The number of aliphatic hydroxyl groups excluding tert-OH is 1. The van der Waals surface area contributed by atoms with Crippen molar-refractivity contribution in [1.29, 1.82) is 0 Å². The van der Waals surface area contributed by atoms with Crippen LogP contribution in [0.15, 0.2) is 65.8 Å². The molecule has 0 saturated carbocycles. The van der Waals surface area contributed by atoms with E-state index in [1.165, 1.54) is 14.0 Å². The Morgan fingerprint density at radius 3 is 2.00 bits per heavy atom. The third-order valence-electron chi connectivity index (χ3n) is 12.2. The Kier molecular flexibility index (Phi) is 25.8. The van der Waals surface area contributed by atoms with Crippen molar-refractivity contribution in [3.05, 3.63) is 71.9 Å². The van der Waals surface area contributed by atoms with Gasteiger partial charge in [-0.2, -0.15) is 0 Å². The molecular weight excluding hydrogens is 941 g/mol. The Labute approximate surface area is 426 Å². The Balaban J connectivity index is 1.77. The van der Waals surface area contributed by atoms with E-state index in [4.69, 9.17) is 22.9 Å². The molecule has 0 aliphatic rings. The van der Waals surface area contributed by atoms with Crippen molar-refractivity contribution in [2.24, 2.45) is 45.7 Å². The van der Waals surface area contributed by atoms with Gasteiger partial charge in [0.2, 0.25) is 29.5 Å². The lowest BCUT2D eigenvalue weighted by Crippen LogP contribution is -2.53. The largest absolute Gasteiger partial charge is 0.393 e. The van der Waals surface area contributed by atoms with E-state index < -0.39 is 114 Å². The molecule has 0 spiro atoms. The summed E-state index contributed by atoms with van der Waals surface area (Å²) in [5, 5.41) is 27.5. The number of aromatic nitrogens is 1. The smallest absolute Gasteiger partial charge is 0.315 e. The van der Waals surface area contributed by atoms with Gasteiger partial charge < -0.3 is 64.9 Å². The summed E-state index contributed by atoms with van der Waals surface area (Å²) in [6, 6.07) is 10.3. The molecule has 0 aliphatic carbocycles. The quantitative estimate of drug-likeness (QED) is 0.0220. The van der Waals surface area contributed by atoms with Gasteiger partial charge in [0.15, 0.2) is 23.3 Å². The zero-order valence-corrected chi connectivity index (χ0v) is 42.4. The number of benzene rings is 2. The molecule has 1 heterocycles. The third-order valence-corrected chi connectivity index (χ3v) is 12.2. The number of nitrogens with two attached hydrogens (primary N) is 4. The Hall–Kier alpha value is -7.20. The fourth-order valence-corrected chi connectivity index (χ4v) is 8.16. The van der Waals surface area contributed by atoms with Crippen molar-refractivity contribution in [2.75, 3.05) is 26.7 Å². The Morgan fingerprint density at radius 1 is 0.685 bits per heavy atom. The number of nitrogens with zero attached hydrogens (tertiary/aromatic N) is 1. The molecule has 1 aromatic heterocycles. The Morgan fingerprint density at radius 2 is 1.36 bits per heavy atom. The molecule has 22 nitrogen and oxygen atoms in total. The van der Waals surface area contributed by atoms with Crippen LogP contribution in [0.2, 0.25) is 0 Å². The molecule has 22 heteroatoms. The molecule has 3 rings (SSSR count). The minimum atomic E-state index is -1.43. The molecule has 0 aliphatic heterocycles. The SMILES string of the molecule is CN=C(N)NCCC[C@H](CC(=O)[C@H](CC(C)C)NC(=O)NCC(=O)[C@H](Cc1ccccc1)NC(=O)[C@@H](CC(=O)[C@H](CC(N)=O)NC(=O)CCCCCN)[C@@H](C)O)C(=O)N[C@@H](Cc1c[nH]c2ccccc12)C(N)=O. The summed E-state index contributed by atoms with van der Waals surface area (Å²) in [4.78, 5) is 127. The van der Waals surface area contributed by atoms with Gasteiger partial charge in [-0.25, -0.2) is 4.79 Å². The van der Waals surface area contributed by atoms with Gasteiger partial charge in [0.1, 0.15) is 6.04 Å². The number of fused-ring (bicyclic) bond motifs is 1. The minimum Gasteiger partial charge on any atom is -0.393 e. The number of aliphatic imine (C=N–C) groups is 1. The highest BCUT2D eigenvalue weighted by Crippen LogP contribution is 2.21. The first-order chi connectivity index (χ1) is 34.7. The molecule has 0 fully saturated rings. The number of nitrogens with one attached hydrogen (secondary N) is 7. The van der Waals surface area contributed by atoms with Crippen LogP contribution in [0, 0.1) is 17.8 Å². The van der Waals surface area contributed by atoms with Crippen LogP contribution in [0.4, 0.5) is 4.79 Å². The van der Waals surface area contributed by atoms with E-state index in [0.717, 1.165) is 16.5 Å². The van der Waals surface area contributed by atoms with Crippen LogP contribution in [0.3, 0.4) is 0 Å². The van der Waals surface area contributed by atoms with Crippen molar-refractivity contribution in [3.8, 4) is 0 Å². The zero-order chi connectivity index (χ0) is 54.0. The van der Waals surface area contributed by atoms with Crippen LogP contribution in [-0.2, 0) is 51.2 Å². The number of aliphatic hydroxyl groups is 1. The summed E-state index contributed by atoms with van der Waals surface area (Å²) >= 11 is 0. The van der Waals surface area contributed by atoms with Gasteiger partial charge in [-0.3, -0.25) is 43.3 Å². The highest BCUT2D eigenvalue weighted by Gasteiger charge is 2.35. The van der Waals surface area contributed by atoms with Gasteiger partial charge in [-0.1, -0.05) is 68.8 Å². The van der Waals surface area contributed by atoms with Gasteiger partial charge in [-0.05, 0) is 75.1 Å². The molecule has 3 aromatic rings. The van der Waals surface area contributed by atoms with E-state index in [1.807, 2.05) is 38.1 Å². The number of hydrogen-bond donors (Lipinski definition) is 12. The standard InChI is InChI=1S/C51H76N12O10/c1-30(2)22-38(42(65)25-33(16-13-21-57-50(55)56-4)48(71)62-41(47(54)70)24-34-28-58-37-18-11-10-17-35(34)37)63-51(73)59-29-44(67)39(23-32-14-7-5-8-15-32)61-49(72)36(31(3)64)26-43(66)40(27-45(53)68)60-46(69)19-9-6-12-20-52/h5,7-8,10-11,14-15,17-18,28,30-31,33,36,38-41,58,64H,6,9,12-13,16,19-27,29,52H2,1-4H3,(H2,53,68)(H2,54,70)(H,60,69)(H,61,72)(H,62,71)(H3,55,56,57)(H2,59,63,73)/t31-,33-,36+,38+,39+,40+,41+/m1/s1. The van der Waals surface area contributed by atoms with Gasteiger partial charge in [-0.15, -0.1) is 0 Å². The lowest BCUT2D eigenvalue weighted by Gasteiger charge is -2.26. The van der Waals surface area contributed by atoms with E-state index in [1.54, 1.807) is 36.5 Å². The number of ketones is 3. The first-order valence-corrected chi connectivity index (χ1v) is 24.8. The number of para-hydroxylation sites is 1. The number of aromatic amines is 1. The van der Waals surface area contributed by atoms with E-state index in [2.05, 4.69) is 41.9 Å². The maximum absolute atomic E-state index is 14.1. The summed E-state index contributed by atoms with van der Waals surface area (Å²) in [7, 11) is 1.51. The van der Waals surface area contributed by atoms with Gasteiger partial charge in [0, 0.05) is 62.3 Å². The predicted octanol–water partition coefficient (Wildman–Crippen LogP) is 0.416. The fraction of sp³-hybridized carbons (Fsp3) is 0.529. The number of amides is 7. The molecule has 0 saturated heterocycles. The fourth-order valence-electron chi connectivity index (χ4n) is 8.16. The molecule has 0 unspecified atom stereocenters. The second-order valence-corrected chi connectivity index (χ2v) is 18.7. The number of H-pyrrole nitrogens is 1. The van der Waals surface area contributed by atoms with Crippen LogP contribution in [0.25, 0.3) is 10.9 Å². The highest BCUT2D eigenvalue weighted by atomic mass is 16.3. The average molecular weight is 1020 g/mol. The van der Waals surface area contributed by atoms with Crippen molar-refractivity contribution in [1.82, 2.24) is 36.9 Å². The number of guanidine groups is 1. The molecule has 7 atom stereocenters. The van der Waals surface area contributed by atoms with Crippen molar-refractivity contribution in [3.63, 3.8) is 0 Å². The molecule has 400 valence electrons. The highest BCUT2D eigenvalue weighted by molar-refractivity contribution is 5.98. The summed E-state index contributed by atoms with van der Waals surface area (Å²) in [6.45, 7) is 5.10. The average Bonchev–Trinajstić information content (AvgIpc) is 3.75. The maximum atomic E-state index is 14.1. The molecule has 73 heavy (non-hydrogen) atoms. The van der Waals surface area contributed by atoms with Gasteiger partial charge in [0.25, 0.3) is 0 Å². The van der Waals surface area contributed by atoms with E-state index in [-0.39, 0.29) is 50.4 Å². The first kappa shape index (κ1) is 60.1. The summed E-state index contributed by atoms with van der Waals surface area (Å²) in [5.74, 6) is -7.86. The summed E-state index contributed by atoms with van der Waals surface area (Å²) in [5.41, 5.74) is 24.7. The number of hydrogen-bond acceptors (Lipinski definition) is 12. The molecule has 0 radical (unpaired) electrons. The monoisotopic (exact) mass is 1020 g/mol. The number of urea groups is 1. The predicted molar refractivity (Wildman–Crippen MR) is 276 cm³/mol. The van der Waals surface area contributed by atoms with Crippen LogP contribution in [0.1, 0.15) is 96.1 Å². The van der Waals surface area contributed by atoms with Crippen molar-refractivity contribution < 1.29 is 48.3 Å². The topological polar surface area (TPSA) is 378 Å². The molecular formula is C51H76N12O10. The second-order valence-electron chi connectivity index (χ2n) is 18.7. The van der Waals surface area contributed by atoms with Crippen LogP contribution < -0.4 is 54.8 Å². The number of rotatable bonds is 34. The number of Topliss-reactive ketones (excluding diaryl/α,β-unsaturated/α-hetero) is 3. The maximum Gasteiger partial charge on any atom is 0.315 e. The molecule has 7 amide bonds. The normalized spacial score (nSPS) is 14.4. The zero-order valence-electron chi connectivity index (χ0n) is 42.4. The molecule has 0 bridgehead atoms. The van der Waals surface area contributed by atoms with Crippen molar-refractivity contribution in [2.45, 2.75) is 128 Å². The van der Waals surface area contributed by atoms with Crippen molar-refractivity contribution >= 4 is 69.8 Å². The van der Waals surface area contributed by atoms with Crippen LogP contribution >= 0.6 is 0 Å². The van der Waals surface area contributed by atoms with E-state index in [9.17, 15) is 48.3 Å². The van der Waals surface area contributed by atoms with Gasteiger partial charge >= 0.3 is 6.03 Å².